The molecule has 0 atom stereocenters. The van der Waals surface area contributed by atoms with Crippen LogP contribution >= 0.6 is 22.9 Å². The molecule has 4 aromatic rings. The van der Waals surface area contributed by atoms with Gasteiger partial charge in [0.2, 0.25) is 5.91 Å². The number of amides is 1. The fourth-order valence-corrected chi connectivity index (χ4v) is 3.49. The second kappa shape index (κ2) is 7.77. The first-order valence-corrected chi connectivity index (χ1v) is 9.47. The molecule has 3 aromatic heterocycles. The minimum atomic E-state index is -0.149. The number of anilines is 1. The van der Waals surface area contributed by atoms with Crippen molar-refractivity contribution >= 4 is 34.7 Å². The zero-order valence-corrected chi connectivity index (χ0v) is 15.7. The maximum atomic E-state index is 12.4. The van der Waals surface area contributed by atoms with Crippen LogP contribution in [0.25, 0.3) is 10.8 Å². The van der Waals surface area contributed by atoms with Crippen LogP contribution in [0.2, 0.25) is 5.02 Å². The van der Waals surface area contributed by atoms with E-state index < -0.39 is 0 Å². The number of halogens is 1. The number of thiazole rings is 1. The molecule has 1 amide bonds. The Kier molecular flexibility index (Phi) is 5.04. The normalized spacial score (nSPS) is 10.9. The summed E-state index contributed by atoms with van der Waals surface area (Å²) in [4.78, 5) is 16.8. The highest BCUT2D eigenvalue weighted by Crippen LogP contribution is 2.24. The van der Waals surface area contributed by atoms with Crippen LogP contribution in [0.4, 0.5) is 5.82 Å². The molecule has 0 aliphatic rings. The average molecular weight is 399 g/mol. The van der Waals surface area contributed by atoms with Gasteiger partial charge in [-0.2, -0.15) is 5.10 Å². The van der Waals surface area contributed by atoms with Gasteiger partial charge >= 0.3 is 0 Å². The summed E-state index contributed by atoms with van der Waals surface area (Å²) in [5, 5.41) is 10.5. The van der Waals surface area contributed by atoms with Crippen molar-refractivity contribution < 1.29 is 9.21 Å². The van der Waals surface area contributed by atoms with Crippen LogP contribution in [0.15, 0.2) is 64.7 Å². The van der Waals surface area contributed by atoms with Gasteiger partial charge in [-0.15, -0.1) is 11.3 Å². The van der Waals surface area contributed by atoms with E-state index in [2.05, 4.69) is 15.4 Å². The summed E-state index contributed by atoms with van der Waals surface area (Å²) in [5.41, 5.74) is 1.74. The second-order valence-electron chi connectivity index (χ2n) is 5.85. The number of aromatic nitrogens is 3. The predicted octanol–water partition coefficient (Wildman–Crippen LogP) is 4.48. The molecule has 27 heavy (non-hydrogen) atoms. The summed E-state index contributed by atoms with van der Waals surface area (Å²) in [6.45, 7) is 0.541. The first-order valence-electron chi connectivity index (χ1n) is 8.22. The minimum absolute atomic E-state index is 0.149. The molecule has 0 spiro atoms. The monoisotopic (exact) mass is 398 g/mol. The minimum Gasteiger partial charge on any atom is -0.462 e. The molecule has 0 fully saturated rings. The van der Waals surface area contributed by atoms with Crippen LogP contribution in [0.3, 0.4) is 0 Å². The van der Waals surface area contributed by atoms with Crippen LogP contribution in [0.5, 0.6) is 0 Å². The second-order valence-corrected chi connectivity index (χ2v) is 7.14. The number of hydrogen-bond acceptors (Lipinski definition) is 5. The number of nitrogens with zero attached hydrogens (tertiary/aromatic N) is 3. The van der Waals surface area contributed by atoms with Crippen molar-refractivity contribution in [2.24, 2.45) is 0 Å². The van der Waals surface area contributed by atoms with E-state index in [0.717, 1.165) is 10.6 Å². The quantitative estimate of drug-likeness (QED) is 0.519. The maximum Gasteiger partial charge on any atom is 0.231 e. The molecule has 0 radical (unpaired) electrons. The fourth-order valence-electron chi connectivity index (χ4n) is 2.58. The van der Waals surface area contributed by atoms with Gasteiger partial charge in [0.1, 0.15) is 5.82 Å². The number of hydrogen-bond donors (Lipinski definition) is 1. The van der Waals surface area contributed by atoms with Crippen molar-refractivity contribution in [1.29, 1.82) is 0 Å². The van der Waals surface area contributed by atoms with Crippen LogP contribution in [0, 0.1) is 0 Å². The van der Waals surface area contributed by atoms with E-state index in [1.165, 1.54) is 11.3 Å². The highest BCUT2D eigenvalue weighted by atomic mass is 35.5. The zero-order valence-electron chi connectivity index (χ0n) is 14.1. The molecule has 0 saturated heterocycles. The fraction of sp³-hybridized carbons (Fsp3) is 0.105. The molecule has 1 N–H and O–H groups in total. The molecule has 0 unspecified atom stereocenters. The van der Waals surface area contributed by atoms with Gasteiger partial charge in [0.15, 0.2) is 10.8 Å². The average Bonchev–Trinajstić information content (AvgIpc) is 3.39. The lowest BCUT2D eigenvalue weighted by Crippen LogP contribution is -2.18. The molecule has 136 valence electrons. The molecule has 0 saturated carbocycles. The van der Waals surface area contributed by atoms with Gasteiger partial charge in [-0.05, 0) is 29.8 Å². The molecular weight excluding hydrogens is 384 g/mol. The SMILES string of the molecule is O=C(Cc1csc(-c2ccco2)n1)Nc1ccnn1Cc1ccc(Cl)cc1. The summed E-state index contributed by atoms with van der Waals surface area (Å²) in [6, 6.07) is 12.9. The summed E-state index contributed by atoms with van der Waals surface area (Å²) >= 11 is 7.36. The molecule has 0 aliphatic carbocycles. The van der Waals surface area contributed by atoms with Gasteiger partial charge in [0, 0.05) is 16.5 Å². The zero-order chi connectivity index (χ0) is 18.6. The number of furan rings is 1. The third-order valence-corrected chi connectivity index (χ3v) is 5.01. The molecule has 8 heteroatoms. The van der Waals surface area contributed by atoms with Gasteiger partial charge in [-0.1, -0.05) is 23.7 Å². The van der Waals surface area contributed by atoms with Gasteiger partial charge < -0.3 is 9.73 Å². The van der Waals surface area contributed by atoms with Gasteiger partial charge in [-0.3, -0.25) is 4.79 Å². The standard InChI is InChI=1S/C19H15ClN4O2S/c20-14-5-3-13(4-6-14)11-24-17(7-8-21-24)23-18(25)10-15-12-27-19(22-15)16-2-1-9-26-16/h1-9,12H,10-11H2,(H,23,25). The van der Waals surface area contributed by atoms with E-state index in [1.54, 1.807) is 23.2 Å². The summed E-state index contributed by atoms with van der Waals surface area (Å²) in [5.74, 6) is 1.19. The lowest BCUT2D eigenvalue weighted by molar-refractivity contribution is -0.115. The first-order chi connectivity index (χ1) is 13.2. The van der Waals surface area contributed by atoms with Crippen molar-refractivity contribution in [3.05, 3.63) is 76.6 Å². The molecule has 0 aliphatic heterocycles. The number of carbonyl (C=O) groups excluding carboxylic acids is 1. The molecule has 1 aromatic carbocycles. The largest absolute Gasteiger partial charge is 0.462 e. The van der Waals surface area contributed by atoms with Crippen molar-refractivity contribution in [1.82, 2.24) is 14.8 Å². The van der Waals surface area contributed by atoms with Crippen LogP contribution in [-0.2, 0) is 17.8 Å². The van der Waals surface area contributed by atoms with Gasteiger partial charge in [0.05, 0.1) is 31.1 Å². The van der Waals surface area contributed by atoms with Gasteiger partial charge in [-0.25, -0.2) is 9.67 Å². The summed E-state index contributed by atoms with van der Waals surface area (Å²) in [7, 11) is 0. The third kappa shape index (κ3) is 4.27. The lowest BCUT2D eigenvalue weighted by atomic mass is 10.2. The van der Waals surface area contributed by atoms with Crippen molar-refractivity contribution in [2.75, 3.05) is 5.32 Å². The smallest absolute Gasteiger partial charge is 0.231 e. The Hall–Kier alpha value is -2.90. The molecular formula is C19H15ClN4O2S. The third-order valence-electron chi connectivity index (χ3n) is 3.86. The number of carbonyl (C=O) groups is 1. The molecule has 4 rings (SSSR count). The van der Waals surface area contributed by atoms with Gasteiger partial charge in [0.25, 0.3) is 0 Å². The number of nitrogens with one attached hydrogen (secondary N) is 1. The summed E-state index contributed by atoms with van der Waals surface area (Å²) < 4.78 is 7.06. The van der Waals surface area contributed by atoms with Crippen molar-refractivity contribution in [2.45, 2.75) is 13.0 Å². The Morgan fingerprint density at radius 3 is 2.85 bits per heavy atom. The topological polar surface area (TPSA) is 73.0 Å². The Labute approximate surface area is 164 Å². The van der Waals surface area contributed by atoms with Crippen LogP contribution < -0.4 is 5.32 Å². The van der Waals surface area contributed by atoms with Crippen molar-refractivity contribution in [3.8, 4) is 10.8 Å². The predicted molar refractivity (Wildman–Crippen MR) is 105 cm³/mol. The lowest BCUT2D eigenvalue weighted by Gasteiger charge is -2.09. The van der Waals surface area contributed by atoms with Crippen LogP contribution in [0.1, 0.15) is 11.3 Å². The van der Waals surface area contributed by atoms with E-state index in [9.17, 15) is 4.79 Å². The Morgan fingerprint density at radius 2 is 2.07 bits per heavy atom. The molecule has 0 bridgehead atoms. The Balaban J connectivity index is 1.40. The highest BCUT2D eigenvalue weighted by molar-refractivity contribution is 7.13. The Bertz CT molecular complexity index is 1040. The van der Waals surface area contributed by atoms with Crippen molar-refractivity contribution in [3.63, 3.8) is 0 Å². The molecule has 3 heterocycles. The van der Waals surface area contributed by atoms with E-state index in [1.807, 2.05) is 41.8 Å². The summed E-state index contributed by atoms with van der Waals surface area (Å²) in [6.07, 6.45) is 3.44. The number of benzene rings is 1. The Morgan fingerprint density at radius 1 is 1.22 bits per heavy atom. The maximum absolute atomic E-state index is 12.4. The highest BCUT2D eigenvalue weighted by Gasteiger charge is 2.12. The van der Waals surface area contributed by atoms with E-state index in [-0.39, 0.29) is 12.3 Å². The van der Waals surface area contributed by atoms with Crippen LogP contribution in [-0.4, -0.2) is 20.7 Å². The first kappa shape index (κ1) is 17.5. The molecule has 6 nitrogen and oxygen atoms in total. The van der Waals surface area contributed by atoms with E-state index in [0.29, 0.717) is 28.8 Å². The van der Waals surface area contributed by atoms with E-state index >= 15 is 0 Å². The number of rotatable bonds is 6. The van der Waals surface area contributed by atoms with E-state index in [4.69, 9.17) is 16.0 Å².